The Morgan fingerprint density at radius 2 is 1.47 bits per heavy atom. The molecule has 5 rings (SSSR count). The minimum Gasteiger partial charge on any atom is -0.399 e. The van der Waals surface area contributed by atoms with Crippen molar-refractivity contribution in [3.8, 4) is 11.4 Å². The van der Waals surface area contributed by atoms with E-state index in [2.05, 4.69) is 40.3 Å². The standard InChI is InChI=1S/C26H33N3O.C7H7NO.C5H12O.C2H6/c1-29(15-16-30)19-20-7-9-24(10-8-20)26-27-17-25(18-28-26)23-13-11-22(12-14-23)21-5-3-2-4-6-21;8-7-3-1-6(5-9)2-4-7;1-5(2,3)6-4;1-2/h7-10,13,16-18,21-22H,2-6,11-12,14-15,19H2,1H3;1-5H,8H2;1-4H3;1-2H3. The highest BCUT2D eigenvalue weighted by Crippen LogP contribution is 2.39. The Balaban J connectivity index is 0.000000372. The van der Waals surface area contributed by atoms with Gasteiger partial charge in [0.05, 0.1) is 12.1 Å². The largest absolute Gasteiger partial charge is 0.399 e. The molecule has 0 bridgehead atoms. The van der Waals surface area contributed by atoms with Gasteiger partial charge in [-0.1, -0.05) is 76.3 Å². The number of anilines is 1. The zero-order valence-corrected chi connectivity index (χ0v) is 29.9. The Hall–Kier alpha value is -3.68. The summed E-state index contributed by atoms with van der Waals surface area (Å²) in [6, 6.07) is 15.1. The maximum atomic E-state index is 10.6. The summed E-state index contributed by atoms with van der Waals surface area (Å²) >= 11 is 0. The molecular weight excluding hydrogens is 584 g/mol. The second-order valence-electron chi connectivity index (χ2n) is 13.1. The number of allylic oxidation sites excluding steroid dienone is 2. The summed E-state index contributed by atoms with van der Waals surface area (Å²) in [4.78, 5) is 32.0. The Bertz CT molecular complexity index is 1320. The molecule has 1 fully saturated rings. The topological polar surface area (TPSA) is 98.4 Å². The second-order valence-corrected chi connectivity index (χ2v) is 13.1. The van der Waals surface area contributed by atoms with Gasteiger partial charge in [0.1, 0.15) is 12.6 Å². The maximum Gasteiger partial charge on any atom is 0.159 e. The first-order valence-electron chi connectivity index (χ1n) is 17.2. The fourth-order valence-corrected chi connectivity index (χ4v) is 5.63. The molecule has 2 N–H and O–H groups in total. The predicted molar refractivity (Wildman–Crippen MR) is 196 cm³/mol. The average molecular weight is 643 g/mol. The normalized spacial score (nSPS) is 16.3. The smallest absolute Gasteiger partial charge is 0.159 e. The van der Waals surface area contributed by atoms with E-state index in [-0.39, 0.29) is 5.60 Å². The van der Waals surface area contributed by atoms with Crippen LogP contribution in [-0.2, 0) is 16.1 Å². The third-order valence-electron chi connectivity index (χ3n) is 8.53. The first kappa shape index (κ1) is 39.5. The summed E-state index contributed by atoms with van der Waals surface area (Å²) in [5.74, 6) is 2.61. The van der Waals surface area contributed by atoms with Gasteiger partial charge in [-0.25, -0.2) is 9.97 Å². The van der Waals surface area contributed by atoms with Gasteiger partial charge in [0.2, 0.25) is 0 Å². The average Bonchev–Trinajstić information content (AvgIpc) is 3.11. The van der Waals surface area contributed by atoms with Crippen LogP contribution in [-0.4, -0.2) is 53.7 Å². The first-order chi connectivity index (χ1) is 22.6. The summed E-state index contributed by atoms with van der Waals surface area (Å²) in [6.45, 7) is 11.3. The third kappa shape index (κ3) is 14.7. The highest BCUT2D eigenvalue weighted by atomic mass is 16.5. The molecule has 7 nitrogen and oxygen atoms in total. The number of carbonyl (C=O) groups is 2. The van der Waals surface area contributed by atoms with Gasteiger partial charge in [-0.2, -0.15) is 0 Å². The zero-order chi connectivity index (χ0) is 34.7. The van der Waals surface area contributed by atoms with Crippen LogP contribution in [0.3, 0.4) is 0 Å². The van der Waals surface area contributed by atoms with Crippen LogP contribution < -0.4 is 5.73 Å². The molecule has 1 atom stereocenters. The number of hydrogen-bond donors (Lipinski definition) is 1. The van der Waals surface area contributed by atoms with E-state index >= 15 is 0 Å². The van der Waals surface area contributed by atoms with Crippen molar-refractivity contribution in [3.05, 3.63) is 83.7 Å². The Kier molecular flexibility index (Phi) is 17.9. The molecule has 7 heteroatoms. The van der Waals surface area contributed by atoms with Gasteiger partial charge in [-0.05, 0) is 94.3 Å². The van der Waals surface area contributed by atoms with Crippen LogP contribution in [0.25, 0.3) is 17.0 Å². The van der Waals surface area contributed by atoms with E-state index in [1.54, 1.807) is 31.4 Å². The number of aromatic nitrogens is 2. The van der Waals surface area contributed by atoms with Crippen molar-refractivity contribution in [1.29, 1.82) is 0 Å². The van der Waals surface area contributed by atoms with E-state index in [1.165, 1.54) is 61.6 Å². The van der Waals surface area contributed by atoms with Crippen LogP contribution in [0.1, 0.15) is 107 Å². The quantitative estimate of drug-likeness (QED) is 0.193. The van der Waals surface area contributed by atoms with E-state index < -0.39 is 0 Å². The van der Waals surface area contributed by atoms with Crippen molar-refractivity contribution in [2.75, 3.05) is 26.4 Å². The summed E-state index contributed by atoms with van der Waals surface area (Å²) in [7, 11) is 3.65. The lowest BCUT2D eigenvalue weighted by Crippen LogP contribution is -2.19. The molecular formula is C40H58N4O3. The van der Waals surface area contributed by atoms with E-state index in [0.29, 0.717) is 17.8 Å². The first-order valence-corrected chi connectivity index (χ1v) is 17.2. The summed E-state index contributed by atoms with van der Waals surface area (Å²) < 4.78 is 4.94. The van der Waals surface area contributed by atoms with Gasteiger partial charge >= 0.3 is 0 Å². The fraction of sp³-hybridized carbons (Fsp3) is 0.500. The minimum absolute atomic E-state index is 0.0417. The Morgan fingerprint density at radius 3 is 1.96 bits per heavy atom. The van der Waals surface area contributed by atoms with Crippen LogP contribution in [0.15, 0.2) is 67.0 Å². The van der Waals surface area contributed by atoms with Gasteiger partial charge in [-0.3, -0.25) is 9.69 Å². The predicted octanol–water partition coefficient (Wildman–Crippen LogP) is 9.08. The van der Waals surface area contributed by atoms with Crippen molar-refractivity contribution in [3.63, 3.8) is 0 Å². The van der Waals surface area contributed by atoms with Gasteiger partial charge in [0.15, 0.2) is 5.82 Å². The molecule has 0 spiro atoms. The van der Waals surface area contributed by atoms with E-state index in [0.717, 1.165) is 48.8 Å². The number of benzene rings is 2. The summed E-state index contributed by atoms with van der Waals surface area (Å²) in [5, 5.41) is 0. The number of likely N-dealkylation sites (N-methyl/N-ethyl adjacent to an activating group) is 1. The number of aldehydes is 2. The molecule has 1 saturated carbocycles. The minimum atomic E-state index is 0.0417. The molecule has 1 aromatic heterocycles. The van der Waals surface area contributed by atoms with Crippen molar-refractivity contribution in [2.45, 2.75) is 98.1 Å². The van der Waals surface area contributed by atoms with E-state index in [9.17, 15) is 9.59 Å². The number of nitrogens with zero attached hydrogens (tertiary/aromatic N) is 3. The molecule has 0 aliphatic heterocycles. The molecule has 256 valence electrons. The molecule has 0 amide bonds. The van der Waals surface area contributed by atoms with Crippen LogP contribution in [0.4, 0.5) is 5.69 Å². The molecule has 1 heterocycles. The molecule has 2 aromatic carbocycles. The Labute approximate surface area is 284 Å². The zero-order valence-electron chi connectivity index (χ0n) is 29.9. The van der Waals surface area contributed by atoms with Crippen LogP contribution >= 0.6 is 0 Å². The summed E-state index contributed by atoms with van der Waals surface area (Å²) in [5.41, 5.74) is 11.5. The second kappa shape index (κ2) is 21.2. The van der Waals surface area contributed by atoms with Crippen LogP contribution in [0.2, 0.25) is 0 Å². The number of hydrogen-bond acceptors (Lipinski definition) is 7. The van der Waals surface area contributed by atoms with Crippen LogP contribution in [0, 0.1) is 11.8 Å². The van der Waals surface area contributed by atoms with Gasteiger partial charge < -0.3 is 15.3 Å². The van der Waals surface area contributed by atoms with E-state index in [4.69, 9.17) is 10.5 Å². The third-order valence-corrected chi connectivity index (χ3v) is 8.53. The van der Waals surface area contributed by atoms with Gasteiger partial charge in [-0.15, -0.1) is 0 Å². The van der Waals surface area contributed by atoms with Gasteiger partial charge in [0.25, 0.3) is 0 Å². The van der Waals surface area contributed by atoms with Crippen LogP contribution in [0.5, 0.6) is 0 Å². The lowest BCUT2D eigenvalue weighted by Gasteiger charge is -2.32. The van der Waals surface area contributed by atoms with Crippen molar-refractivity contribution >= 4 is 23.8 Å². The fourth-order valence-electron chi connectivity index (χ4n) is 5.63. The lowest BCUT2D eigenvalue weighted by molar-refractivity contribution is -0.108. The number of nitrogens with two attached hydrogens (primary N) is 1. The molecule has 0 saturated heterocycles. The van der Waals surface area contributed by atoms with Gasteiger partial charge in [0, 0.05) is 48.4 Å². The van der Waals surface area contributed by atoms with Crippen molar-refractivity contribution in [1.82, 2.24) is 14.9 Å². The molecule has 1 unspecified atom stereocenters. The number of nitrogen functional groups attached to an aromatic ring is 1. The number of rotatable bonds is 8. The highest BCUT2D eigenvalue weighted by Gasteiger charge is 2.25. The lowest BCUT2D eigenvalue weighted by atomic mass is 9.73. The van der Waals surface area contributed by atoms with Crippen molar-refractivity contribution < 1.29 is 14.3 Å². The maximum absolute atomic E-state index is 10.6. The molecule has 0 radical (unpaired) electrons. The highest BCUT2D eigenvalue weighted by molar-refractivity contribution is 5.75. The molecule has 2 aliphatic carbocycles. The summed E-state index contributed by atoms with van der Waals surface area (Å²) in [6.07, 6.45) is 19.0. The Morgan fingerprint density at radius 1 is 0.872 bits per heavy atom. The van der Waals surface area contributed by atoms with E-state index in [1.807, 2.05) is 59.0 Å². The molecule has 47 heavy (non-hydrogen) atoms. The SMILES string of the molecule is CC.CN(CC=O)Cc1ccc(-c2ncc(C3=CCC(C4CCCCC4)CC3)cn2)cc1.COC(C)(C)C.Nc1ccc(C=O)cc1. The number of carbonyl (C=O) groups excluding carboxylic acids is 2. The molecule has 2 aliphatic rings. The monoisotopic (exact) mass is 642 g/mol. The number of methoxy groups -OCH3 is 1. The number of ether oxygens (including phenoxy) is 1. The van der Waals surface area contributed by atoms with Crippen molar-refractivity contribution in [2.24, 2.45) is 11.8 Å². The molecule has 3 aromatic rings.